The summed E-state index contributed by atoms with van der Waals surface area (Å²) in [5.41, 5.74) is 2.87. The van der Waals surface area contributed by atoms with Gasteiger partial charge < -0.3 is 5.32 Å². The number of rotatable bonds is 3. The van der Waals surface area contributed by atoms with Crippen LogP contribution in [0.4, 0.5) is 5.69 Å². The molecule has 0 amide bonds. The molecule has 0 saturated carbocycles. The van der Waals surface area contributed by atoms with Crippen LogP contribution in [0, 0.1) is 0 Å². The zero-order valence-corrected chi connectivity index (χ0v) is 12.7. The molecule has 1 N–H and O–H groups in total. The fourth-order valence-electron chi connectivity index (χ4n) is 3.25. The van der Waals surface area contributed by atoms with Crippen molar-refractivity contribution in [1.82, 2.24) is 4.90 Å². The van der Waals surface area contributed by atoms with Crippen molar-refractivity contribution in [2.75, 3.05) is 30.7 Å². The molecule has 2 aliphatic heterocycles. The molecule has 1 fully saturated rings. The minimum Gasteiger partial charge on any atom is -0.384 e. The summed E-state index contributed by atoms with van der Waals surface area (Å²) in [6.07, 6.45) is 1.28. The van der Waals surface area contributed by atoms with Crippen LogP contribution in [0.3, 0.4) is 0 Å². The van der Waals surface area contributed by atoms with Gasteiger partial charge in [0.05, 0.1) is 0 Å². The smallest absolute Gasteiger partial charge is 0.0376 e. The molecule has 0 bridgehead atoms. The Morgan fingerprint density at radius 3 is 3.05 bits per heavy atom. The molecule has 0 aliphatic carbocycles. The maximum absolute atomic E-state index is 3.54. The van der Waals surface area contributed by atoms with E-state index in [9.17, 15) is 0 Å². The number of hydrogen-bond donors (Lipinski definition) is 1. The van der Waals surface area contributed by atoms with E-state index >= 15 is 0 Å². The minimum absolute atomic E-state index is 0.702. The molecule has 1 aromatic carbocycles. The molecule has 3 heteroatoms. The van der Waals surface area contributed by atoms with E-state index in [-0.39, 0.29) is 0 Å². The third-order valence-corrected chi connectivity index (χ3v) is 6.06. The number of benzene rings is 1. The van der Waals surface area contributed by atoms with Crippen LogP contribution in [-0.4, -0.2) is 41.6 Å². The van der Waals surface area contributed by atoms with Crippen molar-refractivity contribution in [3.63, 3.8) is 0 Å². The van der Waals surface area contributed by atoms with Crippen molar-refractivity contribution < 1.29 is 0 Å². The van der Waals surface area contributed by atoms with Gasteiger partial charge in [0.2, 0.25) is 0 Å². The van der Waals surface area contributed by atoms with E-state index < -0.39 is 0 Å². The zero-order chi connectivity index (χ0) is 13.2. The Labute approximate surface area is 121 Å². The van der Waals surface area contributed by atoms with Gasteiger partial charge >= 0.3 is 0 Å². The van der Waals surface area contributed by atoms with Crippen molar-refractivity contribution in [2.45, 2.75) is 37.5 Å². The first-order valence-corrected chi connectivity index (χ1v) is 8.49. The second kappa shape index (κ2) is 5.76. The molecule has 3 atom stereocenters. The second-order valence-corrected chi connectivity index (χ2v) is 7.29. The lowest BCUT2D eigenvalue weighted by atomic mass is 9.97. The van der Waals surface area contributed by atoms with Crippen LogP contribution in [0.2, 0.25) is 0 Å². The van der Waals surface area contributed by atoms with E-state index in [2.05, 4.69) is 60.1 Å². The first-order chi connectivity index (χ1) is 9.25. The summed E-state index contributed by atoms with van der Waals surface area (Å²) < 4.78 is 0. The zero-order valence-electron chi connectivity index (χ0n) is 11.9. The summed E-state index contributed by atoms with van der Waals surface area (Å²) in [6.45, 7) is 8.38. The predicted octanol–water partition coefficient (Wildman–Crippen LogP) is 3.41. The van der Waals surface area contributed by atoms with Gasteiger partial charge in [0, 0.05) is 41.7 Å². The third-order valence-electron chi connectivity index (χ3n) is 4.72. The highest BCUT2D eigenvalue weighted by Crippen LogP contribution is 2.34. The monoisotopic (exact) mass is 276 g/mol. The van der Waals surface area contributed by atoms with Crippen LogP contribution in [0.1, 0.15) is 31.7 Å². The molecule has 0 spiro atoms. The molecule has 1 aromatic rings. The van der Waals surface area contributed by atoms with Gasteiger partial charge in [-0.2, -0.15) is 11.8 Å². The van der Waals surface area contributed by atoms with Gasteiger partial charge in [-0.25, -0.2) is 0 Å². The van der Waals surface area contributed by atoms with Crippen LogP contribution in [-0.2, 0) is 0 Å². The summed E-state index contributed by atoms with van der Waals surface area (Å²) in [5, 5.41) is 4.32. The number of thioether (sulfide) groups is 1. The van der Waals surface area contributed by atoms with Gasteiger partial charge in [-0.3, -0.25) is 4.90 Å². The number of nitrogens with one attached hydrogen (secondary N) is 1. The van der Waals surface area contributed by atoms with Crippen LogP contribution >= 0.6 is 11.8 Å². The third kappa shape index (κ3) is 2.77. The summed E-state index contributed by atoms with van der Waals surface area (Å²) in [6, 6.07) is 9.51. The molecular weight excluding hydrogens is 252 g/mol. The molecule has 3 unspecified atom stereocenters. The molecule has 0 radical (unpaired) electrons. The van der Waals surface area contributed by atoms with Crippen LogP contribution < -0.4 is 5.32 Å². The fourth-order valence-corrected chi connectivity index (χ4v) is 4.41. The Hall–Kier alpha value is -0.670. The van der Waals surface area contributed by atoms with Crippen LogP contribution in [0.15, 0.2) is 24.3 Å². The highest BCUT2D eigenvalue weighted by Gasteiger charge is 2.27. The van der Waals surface area contributed by atoms with E-state index in [4.69, 9.17) is 0 Å². The average molecular weight is 276 g/mol. The largest absolute Gasteiger partial charge is 0.384 e. The van der Waals surface area contributed by atoms with Gasteiger partial charge in [-0.15, -0.1) is 0 Å². The minimum atomic E-state index is 0.702. The number of fused-ring (bicyclic) bond motifs is 1. The van der Waals surface area contributed by atoms with E-state index in [0.717, 1.165) is 17.8 Å². The molecule has 2 heterocycles. The molecule has 2 aliphatic rings. The van der Waals surface area contributed by atoms with E-state index in [1.54, 1.807) is 0 Å². The van der Waals surface area contributed by atoms with Crippen molar-refractivity contribution in [2.24, 2.45) is 0 Å². The van der Waals surface area contributed by atoms with Gasteiger partial charge in [0.15, 0.2) is 0 Å². The number of para-hydroxylation sites is 1. The normalized spacial score (nSPS) is 30.9. The van der Waals surface area contributed by atoms with Crippen molar-refractivity contribution in [1.29, 1.82) is 0 Å². The Bertz CT molecular complexity index is 435. The van der Waals surface area contributed by atoms with Gasteiger partial charge in [0.25, 0.3) is 0 Å². The quantitative estimate of drug-likeness (QED) is 0.911. The fraction of sp³-hybridized carbons (Fsp3) is 0.625. The van der Waals surface area contributed by atoms with Crippen LogP contribution in [0.25, 0.3) is 0 Å². The SMILES string of the molecule is CC1SCCN(CCC2CNc3ccccc32)C1C. The molecular formula is C16H24N2S. The highest BCUT2D eigenvalue weighted by molar-refractivity contribution is 8.00. The van der Waals surface area contributed by atoms with E-state index in [1.807, 2.05) is 0 Å². The van der Waals surface area contributed by atoms with Crippen LogP contribution in [0.5, 0.6) is 0 Å². The highest BCUT2D eigenvalue weighted by atomic mass is 32.2. The Morgan fingerprint density at radius 1 is 1.32 bits per heavy atom. The van der Waals surface area contributed by atoms with Gasteiger partial charge in [0.1, 0.15) is 0 Å². The topological polar surface area (TPSA) is 15.3 Å². The molecule has 0 aromatic heterocycles. The van der Waals surface area contributed by atoms with E-state index in [1.165, 1.54) is 36.5 Å². The molecule has 104 valence electrons. The van der Waals surface area contributed by atoms with Crippen molar-refractivity contribution >= 4 is 17.4 Å². The first kappa shape index (κ1) is 13.3. The number of anilines is 1. The average Bonchev–Trinajstić information content (AvgIpc) is 2.84. The number of hydrogen-bond acceptors (Lipinski definition) is 3. The lowest BCUT2D eigenvalue weighted by Crippen LogP contribution is -2.45. The number of nitrogens with zero attached hydrogens (tertiary/aromatic N) is 1. The van der Waals surface area contributed by atoms with Gasteiger partial charge in [-0.05, 0) is 31.5 Å². The molecule has 3 rings (SSSR count). The lowest BCUT2D eigenvalue weighted by Gasteiger charge is -2.38. The molecule has 2 nitrogen and oxygen atoms in total. The summed E-state index contributed by atoms with van der Waals surface area (Å²) in [4.78, 5) is 2.68. The van der Waals surface area contributed by atoms with E-state index in [0.29, 0.717) is 5.92 Å². The maximum Gasteiger partial charge on any atom is 0.0376 e. The lowest BCUT2D eigenvalue weighted by molar-refractivity contribution is 0.206. The Balaban J connectivity index is 1.59. The Kier molecular flexibility index (Phi) is 4.04. The standard InChI is InChI=1S/C16H24N2S/c1-12-13(2)19-10-9-18(12)8-7-14-11-17-16-6-4-3-5-15(14)16/h3-6,12-14,17H,7-11H2,1-2H3. The van der Waals surface area contributed by atoms with Gasteiger partial charge in [-0.1, -0.05) is 25.1 Å². The summed E-state index contributed by atoms with van der Waals surface area (Å²) >= 11 is 2.12. The Morgan fingerprint density at radius 2 is 2.16 bits per heavy atom. The first-order valence-electron chi connectivity index (χ1n) is 7.44. The molecule has 19 heavy (non-hydrogen) atoms. The maximum atomic E-state index is 3.54. The molecule has 1 saturated heterocycles. The summed E-state index contributed by atoms with van der Waals surface area (Å²) in [5.74, 6) is 2.00. The second-order valence-electron chi connectivity index (χ2n) is 5.81. The predicted molar refractivity (Wildman–Crippen MR) is 85.2 cm³/mol. The van der Waals surface area contributed by atoms with Crippen molar-refractivity contribution in [3.8, 4) is 0 Å². The van der Waals surface area contributed by atoms with Crippen molar-refractivity contribution in [3.05, 3.63) is 29.8 Å². The summed E-state index contributed by atoms with van der Waals surface area (Å²) in [7, 11) is 0.